The maximum atomic E-state index is 12.5. The number of hydrogen-bond donors (Lipinski definition) is 3. The third kappa shape index (κ3) is 3.02. The molecule has 8 heteroatoms. The summed E-state index contributed by atoms with van der Waals surface area (Å²) >= 11 is 0. The molecule has 0 aromatic heterocycles. The number of aliphatic hydroxyl groups excluding tert-OH is 3. The Morgan fingerprint density at radius 2 is 2.13 bits per heavy atom. The van der Waals surface area contributed by atoms with Gasteiger partial charge in [-0.3, -0.25) is 14.5 Å². The molecule has 23 heavy (non-hydrogen) atoms. The van der Waals surface area contributed by atoms with Crippen LogP contribution in [0.4, 0.5) is 0 Å². The molecule has 0 saturated carbocycles. The molecule has 0 aromatic rings. The van der Waals surface area contributed by atoms with Crippen LogP contribution < -0.4 is 0 Å². The number of amides is 2. The zero-order chi connectivity index (χ0) is 17.1. The van der Waals surface area contributed by atoms with Crippen LogP contribution in [-0.4, -0.2) is 83.3 Å². The Labute approximate surface area is 133 Å². The van der Waals surface area contributed by atoms with Crippen molar-refractivity contribution in [2.45, 2.75) is 24.4 Å². The van der Waals surface area contributed by atoms with Gasteiger partial charge >= 0.3 is 0 Å². The van der Waals surface area contributed by atoms with E-state index in [1.807, 2.05) is 0 Å². The van der Waals surface area contributed by atoms with E-state index in [9.17, 15) is 24.9 Å². The lowest BCUT2D eigenvalue weighted by molar-refractivity contribution is -0.150. The molecule has 0 aliphatic carbocycles. The lowest BCUT2D eigenvalue weighted by Crippen LogP contribution is -2.51. The van der Waals surface area contributed by atoms with Crippen LogP contribution in [0, 0.1) is 18.3 Å². The monoisotopic (exact) mass is 325 g/mol. The fourth-order valence-corrected chi connectivity index (χ4v) is 2.91. The van der Waals surface area contributed by atoms with Crippen molar-refractivity contribution in [3.05, 3.63) is 11.6 Å². The summed E-state index contributed by atoms with van der Waals surface area (Å²) in [7, 11) is 1.36. The van der Waals surface area contributed by atoms with Crippen molar-refractivity contribution in [3.8, 4) is 12.3 Å². The van der Waals surface area contributed by atoms with Gasteiger partial charge in [0, 0.05) is 12.7 Å². The first-order valence-corrected chi connectivity index (χ1v) is 7.08. The highest BCUT2D eigenvalue weighted by atomic mass is 16.6. The standard InChI is InChI=1S/C15H19NO7/c1-3-4-16-14(20)8(6-17)5-9(15(16)21)12-11(19)13(22-2)10(7-18)23-12/h1,5,9-13,17-19H,4,6-7H2,2H3. The maximum absolute atomic E-state index is 12.5. The van der Waals surface area contributed by atoms with E-state index in [-0.39, 0.29) is 12.1 Å². The molecule has 1 saturated heterocycles. The van der Waals surface area contributed by atoms with Crippen LogP contribution in [0.1, 0.15) is 0 Å². The molecule has 2 aliphatic heterocycles. The van der Waals surface area contributed by atoms with Crippen molar-refractivity contribution < 1.29 is 34.4 Å². The van der Waals surface area contributed by atoms with E-state index in [0.29, 0.717) is 0 Å². The van der Waals surface area contributed by atoms with Crippen molar-refractivity contribution in [3.63, 3.8) is 0 Å². The molecule has 3 N–H and O–H groups in total. The zero-order valence-corrected chi connectivity index (χ0v) is 12.6. The number of hydrogen-bond acceptors (Lipinski definition) is 7. The molecular weight excluding hydrogens is 306 g/mol. The van der Waals surface area contributed by atoms with E-state index in [0.717, 1.165) is 4.90 Å². The molecule has 5 unspecified atom stereocenters. The Balaban J connectivity index is 2.34. The second-order valence-electron chi connectivity index (χ2n) is 5.32. The minimum atomic E-state index is -1.18. The molecule has 5 atom stereocenters. The van der Waals surface area contributed by atoms with E-state index < -0.39 is 55.4 Å². The molecule has 2 aliphatic rings. The Morgan fingerprint density at radius 1 is 1.43 bits per heavy atom. The first kappa shape index (κ1) is 17.6. The first-order valence-electron chi connectivity index (χ1n) is 7.08. The summed E-state index contributed by atoms with van der Waals surface area (Å²) in [6.07, 6.45) is 2.66. The van der Waals surface area contributed by atoms with Gasteiger partial charge in [-0.05, 0) is 0 Å². The molecule has 1 fully saturated rings. The van der Waals surface area contributed by atoms with E-state index in [2.05, 4.69) is 5.92 Å². The van der Waals surface area contributed by atoms with Crippen LogP contribution in [0.2, 0.25) is 0 Å². The number of carbonyl (C=O) groups is 2. The van der Waals surface area contributed by atoms with Crippen LogP contribution >= 0.6 is 0 Å². The fraction of sp³-hybridized carbons (Fsp3) is 0.600. The topological polar surface area (TPSA) is 117 Å². The average Bonchev–Trinajstić information content (AvgIpc) is 2.87. The van der Waals surface area contributed by atoms with E-state index >= 15 is 0 Å². The summed E-state index contributed by atoms with van der Waals surface area (Å²) in [6, 6.07) is 0. The number of nitrogens with zero attached hydrogens (tertiary/aromatic N) is 1. The van der Waals surface area contributed by atoms with Gasteiger partial charge in [-0.1, -0.05) is 12.0 Å². The fourth-order valence-electron chi connectivity index (χ4n) is 2.91. The van der Waals surface area contributed by atoms with Crippen molar-refractivity contribution >= 4 is 11.8 Å². The molecule has 8 nitrogen and oxygen atoms in total. The third-order valence-electron chi connectivity index (χ3n) is 4.05. The summed E-state index contributed by atoms with van der Waals surface area (Å²) in [5.41, 5.74) is 0.00191. The normalized spacial score (nSPS) is 34.5. The van der Waals surface area contributed by atoms with Gasteiger partial charge in [-0.15, -0.1) is 6.42 Å². The predicted molar refractivity (Wildman–Crippen MR) is 76.8 cm³/mol. The molecule has 0 bridgehead atoms. The van der Waals surface area contributed by atoms with Gasteiger partial charge in [0.1, 0.15) is 24.4 Å². The van der Waals surface area contributed by atoms with Crippen molar-refractivity contribution in [2.24, 2.45) is 5.92 Å². The predicted octanol–water partition coefficient (Wildman–Crippen LogP) is -2.34. The second kappa shape index (κ2) is 7.21. The molecule has 2 amide bonds. The Morgan fingerprint density at radius 3 is 2.61 bits per heavy atom. The van der Waals surface area contributed by atoms with Crippen LogP contribution in [0.3, 0.4) is 0 Å². The summed E-state index contributed by atoms with van der Waals surface area (Å²) in [5.74, 6) is -0.0826. The van der Waals surface area contributed by atoms with Gasteiger partial charge in [-0.2, -0.15) is 0 Å². The van der Waals surface area contributed by atoms with Gasteiger partial charge in [0.2, 0.25) is 5.91 Å². The lowest BCUT2D eigenvalue weighted by Gasteiger charge is -2.32. The smallest absolute Gasteiger partial charge is 0.259 e. The van der Waals surface area contributed by atoms with Crippen LogP contribution in [-0.2, 0) is 19.1 Å². The number of methoxy groups -OCH3 is 1. The molecule has 2 heterocycles. The SMILES string of the molecule is C#CCN1C(=O)C(CO)=CC(C2OC(CO)C(OC)C2O)C1=O. The highest BCUT2D eigenvalue weighted by molar-refractivity contribution is 6.09. The van der Waals surface area contributed by atoms with E-state index in [1.165, 1.54) is 13.2 Å². The second-order valence-corrected chi connectivity index (χ2v) is 5.32. The van der Waals surface area contributed by atoms with Gasteiger partial charge in [0.25, 0.3) is 5.91 Å². The number of ether oxygens (including phenoxy) is 2. The van der Waals surface area contributed by atoms with E-state index in [4.69, 9.17) is 15.9 Å². The maximum Gasteiger partial charge on any atom is 0.259 e. The van der Waals surface area contributed by atoms with Gasteiger partial charge in [-0.25, -0.2) is 0 Å². The largest absolute Gasteiger partial charge is 0.394 e. The molecule has 0 aromatic carbocycles. The minimum absolute atomic E-state index is 0.00191. The Bertz CT molecular complexity index is 553. The summed E-state index contributed by atoms with van der Waals surface area (Å²) in [5, 5.41) is 28.9. The highest BCUT2D eigenvalue weighted by Gasteiger charge is 2.51. The number of terminal acetylenes is 1. The van der Waals surface area contributed by atoms with Crippen LogP contribution in [0.5, 0.6) is 0 Å². The van der Waals surface area contributed by atoms with Crippen LogP contribution in [0.25, 0.3) is 0 Å². The van der Waals surface area contributed by atoms with Crippen molar-refractivity contribution in [1.82, 2.24) is 4.90 Å². The molecule has 0 radical (unpaired) electrons. The summed E-state index contributed by atoms with van der Waals surface area (Å²) < 4.78 is 10.6. The zero-order valence-electron chi connectivity index (χ0n) is 12.6. The summed E-state index contributed by atoms with van der Waals surface area (Å²) in [6.45, 7) is -1.20. The number of aliphatic hydroxyl groups is 3. The van der Waals surface area contributed by atoms with Crippen LogP contribution in [0.15, 0.2) is 11.6 Å². The molecule has 2 rings (SSSR count). The van der Waals surface area contributed by atoms with Crippen molar-refractivity contribution in [1.29, 1.82) is 0 Å². The number of rotatable bonds is 5. The number of carbonyl (C=O) groups excluding carboxylic acids is 2. The summed E-state index contributed by atoms with van der Waals surface area (Å²) in [4.78, 5) is 25.4. The number of imide groups is 1. The first-order chi connectivity index (χ1) is 11.0. The Kier molecular flexibility index (Phi) is 5.51. The van der Waals surface area contributed by atoms with Gasteiger partial charge in [0.05, 0.1) is 25.7 Å². The lowest BCUT2D eigenvalue weighted by atomic mass is 9.89. The molecule has 0 spiro atoms. The molecule has 126 valence electrons. The van der Waals surface area contributed by atoms with Gasteiger partial charge in [0.15, 0.2) is 0 Å². The molecular formula is C15H19NO7. The van der Waals surface area contributed by atoms with Crippen molar-refractivity contribution in [2.75, 3.05) is 26.9 Å². The van der Waals surface area contributed by atoms with E-state index in [1.54, 1.807) is 0 Å². The quantitative estimate of drug-likeness (QED) is 0.383. The third-order valence-corrected chi connectivity index (χ3v) is 4.05. The minimum Gasteiger partial charge on any atom is -0.394 e. The Hall–Kier alpha value is -1.76. The van der Waals surface area contributed by atoms with Gasteiger partial charge < -0.3 is 24.8 Å². The average molecular weight is 325 g/mol. The highest BCUT2D eigenvalue weighted by Crippen LogP contribution is 2.32.